The molecule has 0 saturated carbocycles. The fraction of sp³-hybridized carbons (Fsp3) is 0.214. The van der Waals surface area contributed by atoms with Crippen LogP contribution < -0.4 is 0 Å². The molecule has 5 heteroatoms. The Balaban J connectivity index is 2.00. The molecule has 0 aliphatic rings. The molecule has 0 fully saturated rings. The van der Waals surface area contributed by atoms with Crippen molar-refractivity contribution < 1.29 is 4.42 Å². The molecule has 1 aromatic carbocycles. The zero-order chi connectivity index (χ0) is 13.2. The third-order valence-corrected chi connectivity index (χ3v) is 3.93. The van der Waals surface area contributed by atoms with Crippen molar-refractivity contribution in [2.24, 2.45) is 0 Å². The van der Waals surface area contributed by atoms with Crippen LogP contribution in [0.3, 0.4) is 0 Å². The summed E-state index contributed by atoms with van der Waals surface area (Å²) >= 11 is 1.55. The second-order valence-corrected chi connectivity index (χ2v) is 5.06. The second-order valence-electron chi connectivity index (χ2n) is 4.20. The van der Waals surface area contributed by atoms with Crippen molar-refractivity contribution in [1.29, 1.82) is 5.26 Å². The summed E-state index contributed by atoms with van der Waals surface area (Å²) in [4.78, 5) is 8.63. The average Bonchev–Trinajstić information content (AvgIpc) is 3.08. The molecule has 1 unspecified atom stereocenters. The van der Waals surface area contributed by atoms with E-state index in [1.807, 2.05) is 30.5 Å². The predicted octanol–water partition coefficient (Wildman–Crippen LogP) is 3.97. The zero-order valence-corrected chi connectivity index (χ0v) is 11.1. The first-order valence-corrected chi connectivity index (χ1v) is 6.88. The number of oxazole rings is 1. The molecule has 19 heavy (non-hydrogen) atoms. The van der Waals surface area contributed by atoms with Crippen LogP contribution in [0.5, 0.6) is 0 Å². The zero-order valence-electron chi connectivity index (χ0n) is 10.3. The van der Waals surface area contributed by atoms with Gasteiger partial charge < -0.3 is 4.42 Å². The van der Waals surface area contributed by atoms with Crippen LogP contribution in [0.4, 0.5) is 0 Å². The smallest absolute Gasteiger partial charge is 0.181 e. The van der Waals surface area contributed by atoms with Gasteiger partial charge in [-0.3, -0.25) is 0 Å². The van der Waals surface area contributed by atoms with Crippen LogP contribution in [-0.4, -0.2) is 9.97 Å². The van der Waals surface area contributed by atoms with E-state index in [1.165, 1.54) is 6.39 Å². The Hall–Kier alpha value is -2.19. The highest BCUT2D eigenvalue weighted by molar-refractivity contribution is 7.13. The number of benzene rings is 1. The molecule has 0 bridgehead atoms. The lowest BCUT2D eigenvalue weighted by Crippen LogP contribution is -1.93. The van der Waals surface area contributed by atoms with Crippen molar-refractivity contribution in [3.63, 3.8) is 0 Å². The van der Waals surface area contributed by atoms with Crippen molar-refractivity contribution in [2.75, 3.05) is 0 Å². The fourth-order valence-corrected chi connectivity index (χ4v) is 2.80. The largest absolute Gasteiger partial charge is 0.443 e. The minimum absolute atomic E-state index is 0.126. The molecule has 3 rings (SSSR count). The number of aromatic nitrogens is 2. The van der Waals surface area contributed by atoms with Gasteiger partial charge in [-0.05, 0) is 24.6 Å². The van der Waals surface area contributed by atoms with Gasteiger partial charge in [-0.15, -0.1) is 11.3 Å². The maximum Gasteiger partial charge on any atom is 0.181 e. The molecule has 2 aromatic heterocycles. The lowest BCUT2D eigenvalue weighted by molar-refractivity contribution is 0.602. The fourth-order valence-electron chi connectivity index (χ4n) is 1.93. The highest BCUT2D eigenvalue weighted by atomic mass is 32.1. The third kappa shape index (κ3) is 2.11. The Bertz CT molecular complexity index is 753. The molecular formula is C14H11N3OS. The van der Waals surface area contributed by atoms with Crippen LogP contribution >= 0.6 is 11.3 Å². The Kier molecular flexibility index (Phi) is 3.02. The Morgan fingerprint density at radius 2 is 2.37 bits per heavy atom. The topological polar surface area (TPSA) is 62.7 Å². The Morgan fingerprint density at radius 3 is 3.16 bits per heavy atom. The van der Waals surface area contributed by atoms with E-state index in [-0.39, 0.29) is 5.92 Å². The lowest BCUT2D eigenvalue weighted by Gasteiger charge is -2.00. The van der Waals surface area contributed by atoms with Crippen molar-refractivity contribution in [3.05, 3.63) is 35.7 Å². The van der Waals surface area contributed by atoms with Gasteiger partial charge >= 0.3 is 0 Å². The number of hydrogen-bond donors (Lipinski definition) is 0. The van der Waals surface area contributed by atoms with Gasteiger partial charge in [0.1, 0.15) is 10.5 Å². The molecule has 0 amide bonds. The van der Waals surface area contributed by atoms with Crippen LogP contribution in [0.15, 0.2) is 34.4 Å². The normalized spacial score (nSPS) is 12.4. The van der Waals surface area contributed by atoms with Gasteiger partial charge in [0.25, 0.3) is 0 Å². The Morgan fingerprint density at radius 1 is 1.47 bits per heavy atom. The molecule has 0 aliphatic carbocycles. The monoisotopic (exact) mass is 269 g/mol. The van der Waals surface area contributed by atoms with Crippen LogP contribution in [-0.2, 0) is 0 Å². The SMILES string of the molecule is CCC(C#N)c1csc(-c2ccc3ncoc3c2)n1. The number of hydrogen-bond acceptors (Lipinski definition) is 5. The molecular weight excluding hydrogens is 258 g/mol. The second kappa shape index (κ2) is 4.82. The maximum absolute atomic E-state index is 9.06. The first-order chi connectivity index (χ1) is 9.31. The van der Waals surface area contributed by atoms with Crippen LogP contribution in [0, 0.1) is 11.3 Å². The van der Waals surface area contributed by atoms with Crippen molar-refractivity contribution in [2.45, 2.75) is 19.3 Å². The van der Waals surface area contributed by atoms with Crippen LogP contribution in [0.25, 0.3) is 21.7 Å². The molecule has 4 nitrogen and oxygen atoms in total. The van der Waals surface area contributed by atoms with Crippen LogP contribution in [0.1, 0.15) is 25.0 Å². The molecule has 0 aliphatic heterocycles. The van der Waals surface area contributed by atoms with E-state index in [9.17, 15) is 0 Å². The van der Waals surface area contributed by atoms with Gasteiger partial charge in [0.05, 0.1) is 17.7 Å². The summed E-state index contributed by atoms with van der Waals surface area (Å²) in [6.45, 7) is 1.99. The molecule has 0 N–H and O–H groups in total. The third-order valence-electron chi connectivity index (χ3n) is 3.02. The number of thiazole rings is 1. The summed E-state index contributed by atoms with van der Waals surface area (Å²) in [5.41, 5.74) is 3.43. The summed E-state index contributed by atoms with van der Waals surface area (Å²) in [5.74, 6) is -0.126. The van der Waals surface area contributed by atoms with Gasteiger partial charge in [-0.1, -0.05) is 6.92 Å². The van der Waals surface area contributed by atoms with E-state index in [0.29, 0.717) is 0 Å². The highest BCUT2D eigenvalue weighted by Crippen LogP contribution is 2.29. The molecule has 0 saturated heterocycles. The first kappa shape index (κ1) is 11.9. The van der Waals surface area contributed by atoms with Crippen molar-refractivity contribution in [3.8, 4) is 16.6 Å². The van der Waals surface area contributed by atoms with E-state index in [4.69, 9.17) is 9.68 Å². The van der Waals surface area contributed by atoms with E-state index >= 15 is 0 Å². The number of nitrogens with zero attached hydrogens (tertiary/aromatic N) is 3. The molecule has 0 radical (unpaired) electrons. The van der Waals surface area contributed by atoms with E-state index in [0.717, 1.165) is 33.8 Å². The maximum atomic E-state index is 9.06. The molecule has 0 spiro atoms. The number of rotatable bonds is 3. The first-order valence-electron chi connectivity index (χ1n) is 6.00. The van der Waals surface area contributed by atoms with Crippen LogP contribution in [0.2, 0.25) is 0 Å². The minimum atomic E-state index is -0.126. The standard InChI is InChI=1S/C14H11N3OS/c1-2-9(6-15)12-7-19-14(17-12)10-3-4-11-13(5-10)18-8-16-11/h3-5,7-9H,2H2,1H3. The quantitative estimate of drug-likeness (QED) is 0.721. The van der Waals surface area contributed by atoms with E-state index < -0.39 is 0 Å². The van der Waals surface area contributed by atoms with E-state index in [1.54, 1.807) is 11.3 Å². The summed E-state index contributed by atoms with van der Waals surface area (Å²) in [6.07, 6.45) is 2.21. The average molecular weight is 269 g/mol. The molecule has 3 aromatic rings. The molecule has 2 heterocycles. The van der Waals surface area contributed by atoms with Crippen molar-refractivity contribution >= 4 is 22.4 Å². The molecule has 94 valence electrons. The summed E-state index contributed by atoms with van der Waals surface area (Å²) < 4.78 is 5.29. The molecule has 1 atom stereocenters. The van der Waals surface area contributed by atoms with Gasteiger partial charge in [0, 0.05) is 10.9 Å². The van der Waals surface area contributed by atoms with Gasteiger partial charge in [0.15, 0.2) is 12.0 Å². The number of fused-ring (bicyclic) bond motifs is 1. The van der Waals surface area contributed by atoms with Gasteiger partial charge in [0.2, 0.25) is 0 Å². The lowest BCUT2D eigenvalue weighted by atomic mass is 10.1. The summed E-state index contributed by atoms with van der Waals surface area (Å²) in [6, 6.07) is 8.09. The van der Waals surface area contributed by atoms with E-state index in [2.05, 4.69) is 16.0 Å². The van der Waals surface area contributed by atoms with Crippen molar-refractivity contribution in [1.82, 2.24) is 9.97 Å². The minimum Gasteiger partial charge on any atom is -0.443 e. The summed E-state index contributed by atoms with van der Waals surface area (Å²) in [5, 5.41) is 11.9. The van der Waals surface area contributed by atoms with Gasteiger partial charge in [-0.25, -0.2) is 9.97 Å². The Labute approximate surface area is 114 Å². The summed E-state index contributed by atoms with van der Waals surface area (Å²) in [7, 11) is 0. The highest BCUT2D eigenvalue weighted by Gasteiger charge is 2.13. The van der Waals surface area contributed by atoms with Gasteiger partial charge in [-0.2, -0.15) is 5.26 Å². The number of nitriles is 1. The predicted molar refractivity (Wildman–Crippen MR) is 73.8 cm³/mol.